The van der Waals surface area contributed by atoms with Gasteiger partial charge in [0.05, 0.1) is 0 Å². The first-order valence-corrected chi connectivity index (χ1v) is 8.11. The molecule has 1 saturated carbocycles. The number of carbonyl (C=O) groups is 1. The molecular weight excluding hydrogens is 258 g/mol. The summed E-state index contributed by atoms with van der Waals surface area (Å²) in [5, 5.41) is 14.5. The first-order chi connectivity index (χ1) is 9.20. The van der Waals surface area contributed by atoms with E-state index in [1.165, 1.54) is 49.9 Å². The molecule has 0 atom stereocenters. The van der Waals surface area contributed by atoms with Crippen LogP contribution in [0.1, 0.15) is 60.7 Å². The molecule has 0 unspecified atom stereocenters. The van der Waals surface area contributed by atoms with Gasteiger partial charge in [0.1, 0.15) is 4.88 Å². The zero-order valence-electron chi connectivity index (χ0n) is 11.5. The zero-order chi connectivity index (χ0) is 13.7. The third kappa shape index (κ3) is 4.05. The third-order valence-corrected chi connectivity index (χ3v) is 5.01. The molecule has 106 valence electrons. The highest BCUT2D eigenvalue weighted by atomic mass is 32.1. The summed E-state index contributed by atoms with van der Waals surface area (Å²) >= 11 is 1.31. The minimum Gasteiger partial charge on any atom is -0.477 e. The predicted octanol–water partition coefficient (Wildman–Crippen LogP) is 3.89. The zero-order valence-corrected chi connectivity index (χ0v) is 12.3. The summed E-state index contributed by atoms with van der Waals surface area (Å²) in [5.74, 6) is 0.109. The number of carboxylic acid groups (broad SMARTS) is 1. The second-order valence-corrected chi connectivity index (χ2v) is 6.38. The van der Waals surface area contributed by atoms with Crippen LogP contribution in [0.3, 0.4) is 0 Å². The van der Waals surface area contributed by atoms with E-state index in [4.69, 9.17) is 5.11 Å². The van der Waals surface area contributed by atoms with Crippen molar-refractivity contribution in [3.05, 3.63) is 21.9 Å². The number of hydrogen-bond acceptors (Lipinski definition) is 3. The van der Waals surface area contributed by atoms with Crippen molar-refractivity contribution in [2.45, 2.75) is 58.0 Å². The average Bonchev–Trinajstić information content (AvgIpc) is 2.87. The smallest absolute Gasteiger partial charge is 0.346 e. The summed E-state index contributed by atoms with van der Waals surface area (Å²) in [6, 6.07) is 2.48. The van der Waals surface area contributed by atoms with Gasteiger partial charge in [-0.25, -0.2) is 4.79 Å². The van der Waals surface area contributed by atoms with Crippen LogP contribution in [-0.4, -0.2) is 17.1 Å². The predicted molar refractivity (Wildman–Crippen MR) is 78.8 cm³/mol. The van der Waals surface area contributed by atoms with Crippen molar-refractivity contribution in [3.63, 3.8) is 0 Å². The monoisotopic (exact) mass is 281 g/mol. The highest BCUT2D eigenvalue weighted by Gasteiger charge is 2.20. The maximum atomic E-state index is 11.0. The second-order valence-electron chi connectivity index (χ2n) is 5.47. The Labute approximate surface area is 119 Å². The molecule has 2 N–H and O–H groups in total. The number of hydrogen-bond donors (Lipinski definition) is 2. The normalized spacial score (nSPS) is 23.4. The lowest BCUT2D eigenvalue weighted by Gasteiger charge is -2.29. The van der Waals surface area contributed by atoms with Crippen LogP contribution in [0.2, 0.25) is 0 Å². The number of thiophene rings is 1. The number of rotatable bonds is 6. The number of nitrogens with one attached hydrogen (secondary N) is 1. The molecule has 1 fully saturated rings. The van der Waals surface area contributed by atoms with Gasteiger partial charge in [-0.15, -0.1) is 11.3 Å². The first-order valence-electron chi connectivity index (χ1n) is 7.23. The summed E-state index contributed by atoms with van der Waals surface area (Å²) < 4.78 is 0. The number of carboxylic acids is 1. The van der Waals surface area contributed by atoms with Gasteiger partial charge in [-0.1, -0.05) is 19.8 Å². The van der Waals surface area contributed by atoms with Crippen LogP contribution in [0.5, 0.6) is 0 Å². The molecule has 1 aliphatic carbocycles. The van der Waals surface area contributed by atoms with Gasteiger partial charge in [0.25, 0.3) is 0 Å². The summed E-state index contributed by atoms with van der Waals surface area (Å²) in [6.45, 7) is 2.95. The fraction of sp³-hybridized carbons (Fsp3) is 0.667. The van der Waals surface area contributed by atoms with E-state index in [0.29, 0.717) is 17.5 Å². The molecule has 1 heterocycles. The molecule has 0 aliphatic heterocycles. The molecule has 0 amide bonds. The van der Waals surface area contributed by atoms with Crippen molar-refractivity contribution in [2.75, 3.05) is 0 Å². The molecule has 0 saturated heterocycles. The minimum atomic E-state index is -0.807. The molecule has 1 aliphatic rings. The quantitative estimate of drug-likeness (QED) is 0.831. The standard InChI is InChI=1S/C15H23NO2S/c1-2-3-11-4-6-13(7-5-11)16-10-12-8-9-19-14(12)15(17)18/h8-9,11,13,16H,2-7,10H2,1H3,(H,17,18). The molecule has 0 spiro atoms. The molecular formula is C15H23NO2S. The summed E-state index contributed by atoms with van der Waals surface area (Å²) in [4.78, 5) is 11.5. The largest absolute Gasteiger partial charge is 0.477 e. The van der Waals surface area contributed by atoms with Crippen molar-refractivity contribution in [3.8, 4) is 0 Å². The lowest BCUT2D eigenvalue weighted by atomic mass is 9.83. The molecule has 3 nitrogen and oxygen atoms in total. The second kappa shape index (κ2) is 7.06. The maximum Gasteiger partial charge on any atom is 0.346 e. The summed E-state index contributed by atoms with van der Waals surface area (Å²) in [5.41, 5.74) is 0.924. The van der Waals surface area contributed by atoms with E-state index in [1.807, 2.05) is 11.4 Å². The van der Waals surface area contributed by atoms with E-state index < -0.39 is 5.97 Å². The van der Waals surface area contributed by atoms with Crippen molar-refractivity contribution in [2.24, 2.45) is 5.92 Å². The van der Waals surface area contributed by atoms with Gasteiger partial charge >= 0.3 is 5.97 Å². The van der Waals surface area contributed by atoms with Crippen LogP contribution in [0.25, 0.3) is 0 Å². The molecule has 0 radical (unpaired) electrons. The Balaban J connectivity index is 1.77. The van der Waals surface area contributed by atoms with E-state index in [1.54, 1.807) is 0 Å². The van der Waals surface area contributed by atoms with E-state index in [-0.39, 0.29) is 0 Å². The van der Waals surface area contributed by atoms with Crippen LogP contribution in [0, 0.1) is 5.92 Å². The fourth-order valence-corrected chi connectivity index (χ4v) is 3.74. The molecule has 4 heteroatoms. The number of aromatic carboxylic acids is 1. The van der Waals surface area contributed by atoms with E-state index in [2.05, 4.69) is 12.2 Å². The average molecular weight is 281 g/mol. The van der Waals surface area contributed by atoms with Gasteiger partial charge in [-0.3, -0.25) is 0 Å². The maximum absolute atomic E-state index is 11.0. The Bertz CT molecular complexity index is 408. The Morgan fingerprint density at radius 1 is 1.42 bits per heavy atom. The third-order valence-electron chi connectivity index (χ3n) is 4.07. The minimum absolute atomic E-state index is 0.479. The highest BCUT2D eigenvalue weighted by molar-refractivity contribution is 7.12. The van der Waals surface area contributed by atoms with Gasteiger partial charge in [0.15, 0.2) is 0 Å². The topological polar surface area (TPSA) is 49.3 Å². The molecule has 19 heavy (non-hydrogen) atoms. The molecule has 1 aromatic rings. The highest BCUT2D eigenvalue weighted by Crippen LogP contribution is 2.28. The molecule has 1 aromatic heterocycles. The summed E-state index contributed by atoms with van der Waals surface area (Å²) in [7, 11) is 0. The van der Waals surface area contributed by atoms with Crippen LogP contribution < -0.4 is 5.32 Å². The van der Waals surface area contributed by atoms with E-state index in [9.17, 15) is 4.79 Å². The van der Waals surface area contributed by atoms with E-state index >= 15 is 0 Å². The van der Waals surface area contributed by atoms with E-state index in [0.717, 1.165) is 11.5 Å². The van der Waals surface area contributed by atoms with Crippen molar-refractivity contribution in [1.29, 1.82) is 0 Å². The van der Waals surface area contributed by atoms with Gasteiger partial charge < -0.3 is 10.4 Å². The molecule has 0 bridgehead atoms. The van der Waals surface area contributed by atoms with Crippen LogP contribution in [-0.2, 0) is 6.54 Å². The Morgan fingerprint density at radius 2 is 2.16 bits per heavy atom. The Hall–Kier alpha value is -0.870. The van der Waals surface area contributed by atoms with Gasteiger partial charge in [-0.2, -0.15) is 0 Å². The van der Waals surface area contributed by atoms with Crippen LogP contribution in [0.15, 0.2) is 11.4 Å². The van der Waals surface area contributed by atoms with Crippen molar-refractivity contribution < 1.29 is 9.90 Å². The fourth-order valence-electron chi connectivity index (χ4n) is 2.98. The van der Waals surface area contributed by atoms with Gasteiger partial charge in [0.2, 0.25) is 0 Å². The first kappa shape index (κ1) is 14.5. The van der Waals surface area contributed by atoms with Gasteiger partial charge in [-0.05, 0) is 48.6 Å². The molecule has 0 aromatic carbocycles. The van der Waals surface area contributed by atoms with Crippen LogP contribution >= 0.6 is 11.3 Å². The van der Waals surface area contributed by atoms with Gasteiger partial charge in [0, 0.05) is 12.6 Å². The lowest BCUT2D eigenvalue weighted by Crippen LogP contribution is -2.32. The Kier molecular flexibility index (Phi) is 5.40. The Morgan fingerprint density at radius 3 is 2.79 bits per heavy atom. The van der Waals surface area contributed by atoms with Crippen molar-refractivity contribution >= 4 is 17.3 Å². The SMILES string of the molecule is CCCC1CCC(NCc2ccsc2C(=O)O)CC1. The molecule has 2 rings (SSSR count). The van der Waals surface area contributed by atoms with Crippen LogP contribution in [0.4, 0.5) is 0 Å². The summed E-state index contributed by atoms with van der Waals surface area (Å²) in [6.07, 6.45) is 7.76. The lowest BCUT2D eigenvalue weighted by molar-refractivity contribution is 0.0701. The van der Waals surface area contributed by atoms with Crippen molar-refractivity contribution in [1.82, 2.24) is 5.32 Å².